The predicted molar refractivity (Wildman–Crippen MR) is 82.7 cm³/mol. The van der Waals surface area contributed by atoms with Gasteiger partial charge in [-0.25, -0.2) is 0 Å². The van der Waals surface area contributed by atoms with E-state index in [2.05, 4.69) is 54.5 Å². The van der Waals surface area contributed by atoms with Crippen LogP contribution in [0.4, 0.5) is 0 Å². The summed E-state index contributed by atoms with van der Waals surface area (Å²) in [5.41, 5.74) is 4.22. The van der Waals surface area contributed by atoms with Crippen molar-refractivity contribution >= 4 is 0 Å². The van der Waals surface area contributed by atoms with Crippen LogP contribution in [0.1, 0.15) is 48.4 Å². The third-order valence-corrected chi connectivity index (χ3v) is 4.44. The van der Waals surface area contributed by atoms with Gasteiger partial charge in [0, 0.05) is 24.5 Å². The van der Waals surface area contributed by atoms with Crippen LogP contribution in [-0.4, -0.2) is 11.0 Å². The molecule has 0 saturated heterocycles. The zero-order valence-electron chi connectivity index (χ0n) is 12.2. The average molecular weight is 266 g/mol. The zero-order chi connectivity index (χ0) is 13.9. The second-order valence-corrected chi connectivity index (χ2v) is 5.90. The number of nitrogens with one attached hydrogen (secondary N) is 1. The molecule has 1 N–H and O–H groups in total. The molecule has 1 unspecified atom stereocenters. The van der Waals surface area contributed by atoms with Gasteiger partial charge in [0.25, 0.3) is 0 Å². The number of aryl methyl sites for hydroxylation is 1. The maximum atomic E-state index is 4.19. The highest BCUT2D eigenvalue weighted by molar-refractivity contribution is 5.31. The summed E-state index contributed by atoms with van der Waals surface area (Å²) >= 11 is 0. The number of hydrogen-bond acceptors (Lipinski definition) is 2. The maximum absolute atomic E-state index is 4.19. The van der Waals surface area contributed by atoms with E-state index >= 15 is 0 Å². The van der Waals surface area contributed by atoms with E-state index in [-0.39, 0.29) is 0 Å². The van der Waals surface area contributed by atoms with Crippen LogP contribution in [0.3, 0.4) is 0 Å². The molecule has 1 fully saturated rings. The van der Waals surface area contributed by atoms with E-state index in [0.717, 1.165) is 5.92 Å². The van der Waals surface area contributed by atoms with Crippen molar-refractivity contribution < 1.29 is 0 Å². The zero-order valence-corrected chi connectivity index (χ0v) is 12.2. The minimum atomic E-state index is 0.381. The van der Waals surface area contributed by atoms with Gasteiger partial charge in [-0.2, -0.15) is 0 Å². The minimum absolute atomic E-state index is 0.381. The number of nitrogens with zero attached hydrogens (tertiary/aromatic N) is 1. The SMILES string of the molecule is Cc1ccccc1C1CC(NC(C)c2cccnc2)C1. The molecule has 3 rings (SSSR count). The van der Waals surface area contributed by atoms with Crippen molar-refractivity contribution in [2.24, 2.45) is 0 Å². The summed E-state index contributed by atoms with van der Waals surface area (Å²) in [6.45, 7) is 4.44. The summed E-state index contributed by atoms with van der Waals surface area (Å²) in [5, 5.41) is 3.71. The first-order valence-corrected chi connectivity index (χ1v) is 7.45. The quantitative estimate of drug-likeness (QED) is 0.905. The van der Waals surface area contributed by atoms with Gasteiger partial charge in [-0.05, 0) is 55.4 Å². The molecule has 1 atom stereocenters. The van der Waals surface area contributed by atoms with Gasteiger partial charge in [0.05, 0.1) is 0 Å². The molecule has 104 valence electrons. The van der Waals surface area contributed by atoms with E-state index in [1.165, 1.54) is 29.5 Å². The van der Waals surface area contributed by atoms with E-state index in [4.69, 9.17) is 0 Å². The predicted octanol–water partition coefficient (Wildman–Crippen LogP) is 3.99. The normalized spacial score (nSPS) is 23.1. The molecule has 1 aromatic carbocycles. The van der Waals surface area contributed by atoms with E-state index in [1.54, 1.807) is 0 Å². The number of pyridine rings is 1. The van der Waals surface area contributed by atoms with Gasteiger partial charge in [-0.1, -0.05) is 30.3 Å². The maximum Gasteiger partial charge on any atom is 0.0315 e. The number of rotatable bonds is 4. The Morgan fingerprint density at radius 3 is 2.65 bits per heavy atom. The van der Waals surface area contributed by atoms with E-state index in [0.29, 0.717) is 12.1 Å². The smallest absolute Gasteiger partial charge is 0.0315 e. The van der Waals surface area contributed by atoms with Crippen LogP contribution in [0, 0.1) is 6.92 Å². The Morgan fingerprint density at radius 1 is 1.15 bits per heavy atom. The molecular weight excluding hydrogens is 244 g/mol. The molecule has 20 heavy (non-hydrogen) atoms. The van der Waals surface area contributed by atoms with E-state index < -0.39 is 0 Å². The first kappa shape index (κ1) is 13.3. The van der Waals surface area contributed by atoms with Crippen LogP contribution in [0.15, 0.2) is 48.8 Å². The van der Waals surface area contributed by atoms with Gasteiger partial charge in [0.2, 0.25) is 0 Å². The first-order valence-electron chi connectivity index (χ1n) is 7.45. The van der Waals surface area contributed by atoms with Crippen LogP contribution in [-0.2, 0) is 0 Å². The largest absolute Gasteiger partial charge is 0.307 e. The van der Waals surface area contributed by atoms with Crippen molar-refractivity contribution in [3.63, 3.8) is 0 Å². The molecule has 1 aliphatic carbocycles. The van der Waals surface area contributed by atoms with Crippen molar-refractivity contribution in [1.29, 1.82) is 0 Å². The minimum Gasteiger partial charge on any atom is -0.307 e. The highest BCUT2D eigenvalue weighted by atomic mass is 15.0. The van der Waals surface area contributed by atoms with Crippen LogP contribution in [0.5, 0.6) is 0 Å². The standard InChI is InChI=1S/C18H22N2/c1-13-6-3-4-8-18(13)16-10-17(11-16)20-14(2)15-7-5-9-19-12-15/h3-9,12,14,16-17,20H,10-11H2,1-2H3. The van der Waals surface area contributed by atoms with Gasteiger partial charge in [-0.15, -0.1) is 0 Å². The average Bonchev–Trinajstić information content (AvgIpc) is 2.44. The lowest BCUT2D eigenvalue weighted by atomic mass is 9.74. The van der Waals surface area contributed by atoms with Crippen molar-refractivity contribution in [3.8, 4) is 0 Å². The Bertz CT molecular complexity index is 559. The van der Waals surface area contributed by atoms with Crippen LogP contribution >= 0.6 is 0 Å². The number of hydrogen-bond donors (Lipinski definition) is 1. The van der Waals surface area contributed by atoms with Crippen molar-refractivity contribution in [2.45, 2.75) is 44.7 Å². The summed E-state index contributed by atoms with van der Waals surface area (Å²) in [6, 6.07) is 13.9. The summed E-state index contributed by atoms with van der Waals surface area (Å²) in [6.07, 6.45) is 6.27. The third kappa shape index (κ3) is 2.75. The Kier molecular flexibility index (Phi) is 3.83. The fourth-order valence-electron chi connectivity index (χ4n) is 3.13. The number of aromatic nitrogens is 1. The third-order valence-electron chi connectivity index (χ3n) is 4.44. The molecular formula is C18H22N2. The summed E-state index contributed by atoms with van der Waals surface area (Å²) in [5.74, 6) is 0.731. The van der Waals surface area contributed by atoms with Gasteiger partial charge >= 0.3 is 0 Å². The first-order chi connectivity index (χ1) is 9.74. The molecule has 1 heterocycles. The Balaban J connectivity index is 1.55. The molecule has 0 aliphatic heterocycles. The molecule has 1 aliphatic rings. The van der Waals surface area contributed by atoms with Crippen LogP contribution in [0.25, 0.3) is 0 Å². The van der Waals surface area contributed by atoms with Gasteiger partial charge < -0.3 is 5.32 Å². The molecule has 0 amide bonds. The second-order valence-electron chi connectivity index (χ2n) is 5.90. The second kappa shape index (κ2) is 5.76. The Hall–Kier alpha value is -1.67. The van der Waals surface area contributed by atoms with Crippen LogP contribution in [0.2, 0.25) is 0 Å². The lowest BCUT2D eigenvalue weighted by Crippen LogP contribution is -2.41. The van der Waals surface area contributed by atoms with Crippen molar-refractivity contribution in [1.82, 2.24) is 10.3 Å². The van der Waals surface area contributed by atoms with E-state index in [1.807, 2.05) is 18.5 Å². The fourth-order valence-corrected chi connectivity index (χ4v) is 3.13. The molecule has 1 aromatic heterocycles. The molecule has 1 saturated carbocycles. The molecule has 0 radical (unpaired) electrons. The van der Waals surface area contributed by atoms with Gasteiger partial charge in [0.15, 0.2) is 0 Å². The lowest BCUT2D eigenvalue weighted by molar-refractivity contribution is 0.270. The van der Waals surface area contributed by atoms with Gasteiger partial charge in [0.1, 0.15) is 0 Å². The fraction of sp³-hybridized carbons (Fsp3) is 0.389. The van der Waals surface area contributed by atoms with Crippen molar-refractivity contribution in [3.05, 3.63) is 65.5 Å². The highest BCUT2D eigenvalue weighted by Crippen LogP contribution is 2.39. The Morgan fingerprint density at radius 2 is 1.95 bits per heavy atom. The Labute approximate surface area is 121 Å². The highest BCUT2D eigenvalue weighted by Gasteiger charge is 2.31. The molecule has 0 bridgehead atoms. The van der Waals surface area contributed by atoms with Gasteiger partial charge in [-0.3, -0.25) is 4.98 Å². The summed E-state index contributed by atoms with van der Waals surface area (Å²) in [7, 11) is 0. The number of benzene rings is 1. The van der Waals surface area contributed by atoms with Crippen LogP contribution < -0.4 is 5.32 Å². The molecule has 2 heteroatoms. The monoisotopic (exact) mass is 266 g/mol. The molecule has 0 spiro atoms. The summed E-state index contributed by atoms with van der Waals surface area (Å²) < 4.78 is 0. The summed E-state index contributed by atoms with van der Waals surface area (Å²) in [4.78, 5) is 4.19. The topological polar surface area (TPSA) is 24.9 Å². The molecule has 2 aromatic rings. The molecule has 2 nitrogen and oxygen atoms in total. The van der Waals surface area contributed by atoms with Crippen molar-refractivity contribution in [2.75, 3.05) is 0 Å². The lowest BCUT2D eigenvalue weighted by Gasteiger charge is -2.38. The van der Waals surface area contributed by atoms with E-state index in [9.17, 15) is 0 Å².